The summed E-state index contributed by atoms with van der Waals surface area (Å²) in [7, 11) is 1.02. The van der Waals surface area contributed by atoms with Crippen molar-refractivity contribution in [1.29, 1.82) is 0 Å². The summed E-state index contributed by atoms with van der Waals surface area (Å²) in [6.07, 6.45) is -10.9. The molecule has 0 heterocycles. The molecule has 0 aliphatic heterocycles. The van der Waals surface area contributed by atoms with Crippen LogP contribution in [-0.2, 0) is 28.3 Å². The van der Waals surface area contributed by atoms with E-state index in [2.05, 4.69) is 20.7 Å². The molecule has 1 aromatic rings. The molecule has 112 valence electrons. The molecular formula is C11H7BrF6O2. The lowest BCUT2D eigenvalue weighted by atomic mass is 10.0. The first kappa shape index (κ1) is 16.8. The van der Waals surface area contributed by atoms with Gasteiger partial charge in [0.25, 0.3) is 0 Å². The standard InChI is InChI=1S/C11H7BrF6O2/c1-20-7(19)4-5-2-3-6(10(13,14)15)8(9(5)12)11(16,17)18/h2-3H,4H2,1H3. The second-order valence-electron chi connectivity index (χ2n) is 3.71. The van der Waals surface area contributed by atoms with Crippen molar-refractivity contribution in [3.8, 4) is 0 Å². The highest BCUT2D eigenvalue weighted by Crippen LogP contribution is 2.44. The van der Waals surface area contributed by atoms with Crippen LogP contribution in [0.3, 0.4) is 0 Å². The minimum absolute atomic E-state index is 0.239. The van der Waals surface area contributed by atoms with Crippen LogP contribution in [-0.4, -0.2) is 13.1 Å². The van der Waals surface area contributed by atoms with E-state index < -0.39 is 40.3 Å². The summed E-state index contributed by atoms with van der Waals surface area (Å²) >= 11 is 2.49. The zero-order valence-electron chi connectivity index (χ0n) is 9.82. The molecule has 0 atom stereocenters. The van der Waals surface area contributed by atoms with Crippen molar-refractivity contribution in [2.24, 2.45) is 0 Å². The third kappa shape index (κ3) is 3.65. The number of ether oxygens (including phenoxy) is 1. The lowest BCUT2D eigenvalue weighted by Crippen LogP contribution is -2.19. The monoisotopic (exact) mass is 364 g/mol. The highest BCUT2D eigenvalue weighted by Gasteiger charge is 2.45. The van der Waals surface area contributed by atoms with Crippen molar-refractivity contribution >= 4 is 21.9 Å². The molecule has 0 bridgehead atoms. The Bertz CT molecular complexity index is 521. The quantitative estimate of drug-likeness (QED) is 0.580. The Morgan fingerprint density at radius 3 is 2.10 bits per heavy atom. The third-order valence-corrected chi connectivity index (χ3v) is 3.28. The number of alkyl halides is 6. The van der Waals surface area contributed by atoms with Crippen LogP contribution in [0, 0.1) is 0 Å². The first-order chi connectivity index (χ1) is 8.98. The fourth-order valence-corrected chi connectivity index (χ4v) is 2.21. The van der Waals surface area contributed by atoms with Gasteiger partial charge in [0.15, 0.2) is 0 Å². The smallest absolute Gasteiger partial charge is 0.418 e. The lowest BCUT2D eigenvalue weighted by Gasteiger charge is -2.18. The molecule has 0 N–H and O–H groups in total. The molecule has 1 aromatic carbocycles. The average molecular weight is 365 g/mol. The van der Waals surface area contributed by atoms with E-state index in [0.717, 1.165) is 13.2 Å². The largest absolute Gasteiger partial charge is 0.469 e. The highest BCUT2D eigenvalue weighted by molar-refractivity contribution is 9.10. The second-order valence-corrected chi connectivity index (χ2v) is 4.50. The summed E-state index contributed by atoms with van der Waals surface area (Å²) in [6.45, 7) is 0. The molecule has 0 fully saturated rings. The first-order valence-electron chi connectivity index (χ1n) is 5.01. The molecule has 9 heteroatoms. The number of methoxy groups -OCH3 is 1. The van der Waals surface area contributed by atoms with Crippen LogP contribution < -0.4 is 0 Å². The van der Waals surface area contributed by atoms with Gasteiger partial charge in [-0.15, -0.1) is 0 Å². The van der Waals surface area contributed by atoms with Crippen LogP contribution in [0.5, 0.6) is 0 Å². The van der Waals surface area contributed by atoms with E-state index >= 15 is 0 Å². The first-order valence-corrected chi connectivity index (χ1v) is 5.80. The molecule has 0 saturated carbocycles. The van der Waals surface area contributed by atoms with Crippen LogP contribution in [0.25, 0.3) is 0 Å². The molecule has 0 aliphatic carbocycles. The van der Waals surface area contributed by atoms with Crippen LogP contribution >= 0.6 is 15.9 Å². The van der Waals surface area contributed by atoms with Crippen LogP contribution in [0.1, 0.15) is 16.7 Å². The van der Waals surface area contributed by atoms with E-state index in [0.29, 0.717) is 6.07 Å². The van der Waals surface area contributed by atoms with Gasteiger partial charge in [-0.3, -0.25) is 4.79 Å². The lowest BCUT2D eigenvalue weighted by molar-refractivity contribution is -0.162. The molecule has 2 nitrogen and oxygen atoms in total. The number of benzene rings is 1. The Kier molecular flexibility index (Phi) is 4.73. The van der Waals surface area contributed by atoms with Gasteiger partial charge < -0.3 is 4.74 Å². The van der Waals surface area contributed by atoms with Gasteiger partial charge >= 0.3 is 18.3 Å². The fraction of sp³-hybridized carbons (Fsp3) is 0.364. The van der Waals surface area contributed by atoms with Crippen molar-refractivity contribution in [3.05, 3.63) is 33.3 Å². The molecule has 20 heavy (non-hydrogen) atoms. The number of esters is 1. The van der Waals surface area contributed by atoms with Crippen molar-refractivity contribution in [3.63, 3.8) is 0 Å². The predicted octanol–water partition coefficient (Wildman–Crippen LogP) is 4.20. The molecule has 0 aliphatic rings. The van der Waals surface area contributed by atoms with E-state index in [-0.39, 0.29) is 5.56 Å². The maximum atomic E-state index is 12.8. The van der Waals surface area contributed by atoms with Crippen molar-refractivity contribution in [2.75, 3.05) is 7.11 Å². The van der Waals surface area contributed by atoms with Gasteiger partial charge in [0.2, 0.25) is 0 Å². The van der Waals surface area contributed by atoms with E-state index in [1.807, 2.05) is 0 Å². The highest BCUT2D eigenvalue weighted by atomic mass is 79.9. The van der Waals surface area contributed by atoms with Gasteiger partial charge in [-0.1, -0.05) is 6.07 Å². The van der Waals surface area contributed by atoms with E-state index in [9.17, 15) is 31.1 Å². The summed E-state index contributed by atoms with van der Waals surface area (Å²) in [4.78, 5) is 11.0. The molecule has 1 rings (SSSR count). The summed E-state index contributed by atoms with van der Waals surface area (Å²) in [6, 6.07) is 1.10. The number of hydrogen-bond donors (Lipinski definition) is 0. The van der Waals surface area contributed by atoms with E-state index in [1.54, 1.807) is 0 Å². The summed E-state index contributed by atoms with van der Waals surface area (Å²) in [5.74, 6) is -0.862. The predicted molar refractivity (Wildman–Crippen MR) is 59.9 cm³/mol. The molecule has 0 spiro atoms. The molecule has 0 unspecified atom stereocenters. The number of halogens is 7. The van der Waals surface area contributed by atoms with E-state index in [1.165, 1.54) is 0 Å². The third-order valence-electron chi connectivity index (χ3n) is 2.37. The number of carbonyl (C=O) groups excluding carboxylic acids is 1. The molecule has 0 aromatic heterocycles. The molecular weight excluding hydrogens is 358 g/mol. The van der Waals surface area contributed by atoms with Crippen LogP contribution in [0.2, 0.25) is 0 Å². The Morgan fingerprint density at radius 2 is 1.70 bits per heavy atom. The van der Waals surface area contributed by atoms with E-state index in [4.69, 9.17) is 0 Å². The SMILES string of the molecule is COC(=O)Cc1ccc(C(F)(F)F)c(C(F)(F)F)c1Br. The summed E-state index contributed by atoms with van der Waals surface area (Å²) in [5, 5.41) is 0. The zero-order chi connectivity index (χ0) is 15.7. The van der Waals surface area contributed by atoms with Gasteiger partial charge in [0.05, 0.1) is 24.7 Å². The summed E-state index contributed by atoms with van der Waals surface area (Å²) < 4.78 is 79.7. The normalized spacial score (nSPS) is 12.4. The second kappa shape index (κ2) is 5.63. The van der Waals surface area contributed by atoms with Gasteiger partial charge in [-0.25, -0.2) is 0 Å². The summed E-state index contributed by atoms with van der Waals surface area (Å²) in [5.41, 5.74) is -3.91. The van der Waals surface area contributed by atoms with Crippen LogP contribution in [0.4, 0.5) is 26.3 Å². The fourth-order valence-electron chi connectivity index (χ4n) is 1.50. The minimum Gasteiger partial charge on any atom is -0.469 e. The van der Waals surface area contributed by atoms with Gasteiger partial charge in [-0.05, 0) is 27.6 Å². The zero-order valence-corrected chi connectivity index (χ0v) is 11.4. The topological polar surface area (TPSA) is 26.3 Å². The molecule has 0 amide bonds. The number of rotatable bonds is 2. The Balaban J connectivity index is 3.48. The van der Waals surface area contributed by atoms with Crippen LogP contribution in [0.15, 0.2) is 16.6 Å². The van der Waals surface area contributed by atoms with Gasteiger partial charge in [0.1, 0.15) is 0 Å². The van der Waals surface area contributed by atoms with Gasteiger partial charge in [-0.2, -0.15) is 26.3 Å². The Hall–Kier alpha value is -1.25. The van der Waals surface area contributed by atoms with Crippen molar-refractivity contribution < 1.29 is 35.9 Å². The van der Waals surface area contributed by atoms with Gasteiger partial charge in [0, 0.05) is 4.47 Å². The number of carbonyl (C=O) groups is 1. The maximum Gasteiger partial charge on any atom is 0.418 e. The maximum absolute atomic E-state index is 12.8. The number of hydrogen-bond acceptors (Lipinski definition) is 2. The average Bonchev–Trinajstić information content (AvgIpc) is 2.28. The molecule has 0 radical (unpaired) electrons. The Morgan fingerprint density at radius 1 is 1.15 bits per heavy atom. The van der Waals surface area contributed by atoms with Crippen molar-refractivity contribution in [2.45, 2.75) is 18.8 Å². The van der Waals surface area contributed by atoms with Crippen molar-refractivity contribution in [1.82, 2.24) is 0 Å². The minimum atomic E-state index is -5.21. The Labute approximate surface area is 117 Å². The molecule has 0 saturated heterocycles.